The Balaban J connectivity index is 1.50. The van der Waals surface area contributed by atoms with Gasteiger partial charge in [-0.2, -0.15) is 0 Å². The van der Waals surface area contributed by atoms with Crippen molar-refractivity contribution in [2.45, 2.75) is 27.0 Å². The minimum atomic E-state index is -0.477. The third-order valence-corrected chi connectivity index (χ3v) is 5.48. The minimum Gasteiger partial charge on any atom is -0.490 e. The molecule has 3 aromatic carbocycles. The van der Waals surface area contributed by atoms with Crippen LogP contribution in [0.15, 0.2) is 72.4 Å². The second-order valence-electron chi connectivity index (χ2n) is 8.22. The van der Waals surface area contributed by atoms with Crippen LogP contribution in [0.1, 0.15) is 29.2 Å². The Morgan fingerprint density at radius 1 is 0.972 bits per heavy atom. The van der Waals surface area contributed by atoms with Gasteiger partial charge in [0.15, 0.2) is 11.5 Å². The molecule has 1 fully saturated rings. The van der Waals surface area contributed by atoms with Gasteiger partial charge in [-0.1, -0.05) is 48.0 Å². The highest BCUT2D eigenvalue weighted by Crippen LogP contribution is 2.31. The summed E-state index contributed by atoms with van der Waals surface area (Å²) in [5, 5.41) is 13.6. The number of nitro benzene ring substituents is 1. The summed E-state index contributed by atoms with van der Waals surface area (Å²) >= 11 is 0. The number of non-ortho nitro benzene ring substituents is 1. The third-order valence-electron chi connectivity index (χ3n) is 5.48. The van der Waals surface area contributed by atoms with E-state index in [2.05, 4.69) is 5.32 Å². The minimum absolute atomic E-state index is 0.0113. The first kappa shape index (κ1) is 24.5. The number of carbonyl (C=O) groups is 2. The van der Waals surface area contributed by atoms with E-state index in [4.69, 9.17) is 9.47 Å². The molecule has 0 unspecified atom stereocenters. The van der Waals surface area contributed by atoms with Crippen LogP contribution in [0.4, 0.5) is 10.5 Å². The molecular weight excluding hydrogens is 462 g/mol. The highest BCUT2D eigenvalue weighted by atomic mass is 16.6. The average molecular weight is 488 g/mol. The first-order valence-electron chi connectivity index (χ1n) is 11.4. The van der Waals surface area contributed by atoms with Crippen molar-refractivity contribution in [1.82, 2.24) is 10.2 Å². The van der Waals surface area contributed by atoms with Crippen molar-refractivity contribution < 1.29 is 24.0 Å². The Morgan fingerprint density at radius 2 is 1.75 bits per heavy atom. The zero-order valence-corrected chi connectivity index (χ0v) is 19.9. The molecule has 0 aliphatic carbocycles. The lowest BCUT2D eigenvalue weighted by atomic mass is 10.1. The topological polar surface area (TPSA) is 111 Å². The molecule has 0 spiro atoms. The highest BCUT2D eigenvalue weighted by Gasteiger charge is 2.33. The second-order valence-corrected chi connectivity index (χ2v) is 8.22. The first-order chi connectivity index (χ1) is 17.3. The second kappa shape index (κ2) is 10.7. The van der Waals surface area contributed by atoms with Gasteiger partial charge in [-0.3, -0.25) is 19.8 Å². The maximum absolute atomic E-state index is 12.9. The molecule has 1 N–H and O–H groups in total. The normalized spacial score (nSPS) is 14.2. The number of amides is 3. The Hall–Kier alpha value is -4.66. The SMILES string of the molecule is CCOc1cc(/C=C2/NC(=O)N(Cc3cccc(C)c3)C2=O)ccc1OCc1cccc([N+](=O)[O-])c1. The summed E-state index contributed by atoms with van der Waals surface area (Å²) in [6, 6.07) is 18.5. The molecule has 1 saturated heterocycles. The van der Waals surface area contributed by atoms with Gasteiger partial charge in [0.1, 0.15) is 12.3 Å². The van der Waals surface area contributed by atoms with Crippen LogP contribution < -0.4 is 14.8 Å². The highest BCUT2D eigenvalue weighted by molar-refractivity contribution is 6.13. The maximum atomic E-state index is 12.9. The number of imide groups is 1. The number of rotatable bonds is 9. The lowest BCUT2D eigenvalue weighted by Crippen LogP contribution is -2.30. The van der Waals surface area contributed by atoms with E-state index in [-0.39, 0.29) is 24.5 Å². The fraction of sp³-hybridized carbons (Fsp3) is 0.185. The van der Waals surface area contributed by atoms with Crippen molar-refractivity contribution in [3.63, 3.8) is 0 Å². The van der Waals surface area contributed by atoms with Crippen LogP contribution in [0.2, 0.25) is 0 Å². The number of benzene rings is 3. The number of hydrogen-bond donors (Lipinski definition) is 1. The molecule has 9 heteroatoms. The number of nitrogens with zero attached hydrogens (tertiary/aromatic N) is 2. The smallest absolute Gasteiger partial charge is 0.329 e. The lowest BCUT2D eigenvalue weighted by molar-refractivity contribution is -0.384. The molecule has 4 rings (SSSR count). The number of nitrogens with one attached hydrogen (secondary N) is 1. The molecule has 1 aliphatic rings. The van der Waals surface area contributed by atoms with Crippen LogP contribution >= 0.6 is 0 Å². The van der Waals surface area contributed by atoms with Gasteiger partial charge >= 0.3 is 6.03 Å². The number of aryl methyl sites for hydroxylation is 1. The third kappa shape index (κ3) is 5.69. The zero-order chi connectivity index (χ0) is 25.7. The van der Waals surface area contributed by atoms with E-state index in [1.807, 2.05) is 38.1 Å². The maximum Gasteiger partial charge on any atom is 0.329 e. The lowest BCUT2D eigenvalue weighted by Gasteiger charge is -2.13. The summed E-state index contributed by atoms with van der Waals surface area (Å²) in [5.41, 5.74) is 3.35. The molecular formula is C27H25N3O6. The van der Waals surface area contributed by atoms with E-state index < -0.39 is 16.9 Å². The largest absolute Gasteiger partial charge is 0.490 e. The van der Waals surface area contributed by atoms with Gasteiger partial charge in [0.2, 0.25) is 0 Å². The monoisotopic (exact) mass is 487 g/mol. The van der Waals surface area contributed by atoms with E-state index in [1.54, 1.807) is 36.4 Å². The Kier molecular flexibility index (Phi) is 7.29. The number of carbonyl (C=O) groups excluding carboxylic acids is 2. The molecule has 0 aromatic heterocycles. The molecule has 0 atom stereocenters. The van der Waals surface area contributed by atoms with Gasteiger partial charge in [-0.25, -0.2) is 4.79 Å². The zero-order valence-electron chi connectivity index (χ0n) is 19.9. The summed E-state index contributed by atoms with van der Waals surface area (Å²) in [6.07, 6.45) is 1.59. The quantitative estimate of drug-likeness (QED) is 0.197. The van der Waals surface area contributed by atoms with Gasteiger partial charge in [-0.05, 0) is 48.7 Å². The molecule has 36 heavy (non-hydrogen) atoms. The predicted octanol–water partition coefficient (Wildman–Crippen LogP) is 4.97. The van der Waals surface area contributed by atoms with Crippen molar-refractivity contribution in [2.24, 2.45) is 0 Å². The molecule has 0 radical (unpaired) electrons. The Labute approximate surface area is 208 Å². The van der Waals surface area contributed by atoms with Crippen LogP contribution in [-0.4, -0.2) is 28.4 Å². The van der Waals surface area contributed by atoms with Gasteiger partial charge in [0.25, 0.3) is 11.6 Å². The molecule has 0 saturated carbocycles. The van der Waals surface area contributed by atoms with Gasteiger partial charge < -0.3 is 14.8 Å². The van der Waals surface area contributed by atoms with Crippen molar-refractivity contribution in [2.75, 3.05) is 6.61 Å². The summed E-state index contributed by atoms with van der Waals surface area (Å²) in [6.45, 7) is 4.46. The van der Waals surface area contributed by atoms with E-state index in [1.165, 1.54) is 17.0 Å². The van der Waals surface area contributed by atoms with Crippen LogP contribution in [0.3, 0.4) is 0 Å². The number of urea groups is 1. The number of ether oxygens (including phenoxy) is 2. The summed E-state index contributed by atoms with van der Waals surface area (Å²) in [5.74, 6) is 0.490. The number of hydrogen-bond acceptors (Lipinski definition) is 6. The molecule has 1 aliphatic heterocycles. The van der Waals surface area contributed by atoms with Crippen LogP contribution in [0, 0.1) is 17.0 Å². The molecule has 1 heterocycles. The van der Waals surface area contributed by atoms with Crippen molar-refractivity contribution in [1.29, 1.82) is 0 Å². The Morgan fingerprint density at radius 3 is 2.50 bits per heavy atom. The van der Waals surface area contributed by atoms with Gasteiger partial charge in [0.05, 0.1) is 18.1 Å². The van der Waals surface area contributed by atoms with Gasteiger partial charge in [-0.15, -0.1) is 0 Å². The number of nitro groups is 1. The van der Waals surface area contributed by atoms with Crippen LogP contribution in [0.25, 0.3) is 6.08 Å². The Bertz CT molecular complexity index is 1350. The van der Waals surface area contributed by atoms with E-state index in [9.17, 15) is 19.7 Å². The summed E-state index contributed by atoms with van der Waals surface area (Å²) < 4.78 is 11.6. The van der Waals surface area contributed by atoms with Crippen LogP contribution in [0.5, 0.6) is 11.5 Å². The van der Waals surface area contributed by atoms with E-state index >= 15 is 0 Å². The molecule has 9 nitrogen and oxygen atoms in total. The fourth-order valence-corrected chi connectivity index (χ4v) is 3.80. The average Bonchev–Trinajstić information content (AvgIpc) is 3.11. The molecule has 0 bridgehead atoms. The van der Waals surface area contributed by atoms with Crippen LogP contribution in [-0.2, 0) is 17.9 Å². The van der Waals surface area contributed by atoms with Crippen molar-refractivity contribution in [3.05, 3.63) is 105 Å². The molecule has 184 valence electrons. The fourth-order valence-electron chi connectivity index (χ4n) is 3.80. The predicted molar refractivity (Wildman–Crippen MR) is 133 cm³/mol. The van der Waals surface area contributed by atoms with Gasteiger partial charge in [0, 0.05) is 12.1 Å². The van der Waals surface area contributed by atoms with E-state index in [0.717, 1.165) is 11.1 Å². The molecule has 3 amide bonds. The molecule has 3 aromatic rings. The van der Waals surface area contributed by atoms with Crippen molar-refractivity contribution in [3.8, 4) is 11.5 Å². The summed E-state index contributed by atoms with van der Waals surface area (Å²) in [4.78, 5) is 37.1. The van der Waals surface area contributed by atoms with Crippen molar-refractivity contribution >= 4 is 23.7 Å². The first-order valence-corrected chi connectivity index (χ1v) is 11.4. The summed E-state index contributed by atoms with van der Waals surface area (Å²) in [7, 11) is 0. The van der Waals surface area contributed by atoms with E-state index in [0.29, 0.717) is 29.2 Å². The standard InChI is InChI=1S/C27H25N3O6/c1-3-35-25-15-19(10-11-24(25)36-17-21-8-5-9-22(13-21)30(33)34)14-23-26(31)29(27(32)28-23)16-20-7-4-6-18(2)12-20/h4-15H,3,16-17H2,1-2H3,(H,28,32)/b23-14+.